The summed E-state index contributed by atoms with van der Waals surface area (Å²) in [6.45, 7) is 5.16. The molecule has 1 saturated carbocycles. The van der Waals surface area contributed by atoms with Gasteiger partial charge in [-0.05, 0) is 61.1 Å². The van der Waals surface area contributed by atoms with Crippen molar-refractivity contribution in [3.63, 3.8) is 0 Å². The van der Waals surface area contributed by atoms with Crippen LogP contribution in [0.2, 0.25) is 0 Å². The minimum absolute atomic E-state index is 0.00194. The average molecular weight is 514 g/mol. The summed E-state index contributed by atoms with van der Waals surface area (Å²) in [6, 6.07) is 15.7. The Bertz CT molecular complexity index is 1500. The Hall–Kier alpha value is -3.98. The summed E-state index contributed by atoms with van der Waals surface area (Å²) in [4.78, 5) is 37.8. The van der Waals surface area contributed by atoms with Gasteiger partial charge in [-0.2, -0.15) is 0 Å². The fourth-order valence-electron chi connectivity index (χ4n) is 5.64. The number of carbonyl (C=O) groups is 2. The maximum Gasteiger partial charge on any atom is 0.268 e. The van der Waals surface area contributed by atoms with Crippen LogP contribution < -0.4 is 10.1 Å². The number of likely N-dealkylation sites (tertiary alicyclic amines) is 1. The van der Waals surface area contributed by atoms with Gasteiger partial charge in [-0.25, -0.2) is 9.97 Å². The van der Waals surface area contributed by atoms with E-state index in [1.54, 1.807) is 19.4 Å². The van der Waals surface area contributed by atoms with Crippen LogP contribution in [-0.2, 0) is 4.79 Å². The van der Waals surface area contributed by atoms with Crippen LogP contribution in [0.3, 0.4) is 0 Å². The van der Waals surface area contributed by atoms with E-state index in [2.05, 4.69) is 21.4 Å². The largest absolute Gasteiger partial charge is 0.481 e. The summed E-state index contributed by atoms with van der Waals surface area (Å²) in [5, 5.41) is 3.07. The molecule has 1 aliphatic carbocycles. The number of amides is 2. The number of methoxy groups -OCH3 is 1. The van der Waals surface area contributed by atoms with E-state index in [0.29, 0.717) is 16.7 Å². The number of hydrogen-bond donors (Lipinski definition) is 1. The third kappa shape index (κ3) is 4.19. The number of thiophene rings is 1. The van der Waals surface area contributed by atoms with Crippen LogP contribution in [0.25, 0.3) is 21.5 Å². The van der Waals surface area contributed by atoms with Gasteiger partial charge in [0, 0.05) is 41.8 Å². The zero-order chi connectivity index (χ0) is 25.6. The molecule has 2 amide bonds. The molecule has 1 aromatic carbocycles. The van der Waals surface area contributed by atoms with Crippen molar-refractivity contribution in [2.45, 2.75) is 25.3 Å². The lowest BCUT2D eigenvalue weighted by Crippen LogP contribution is -2.42. The van der Waals surface area contributed by atoms with Crippen molar-refractivity contribution >= 4 is 40.1 Å². The lowest BCUT2D eigenvalue weighted by atomic mass is 9.65. The maximum absolute atomic E-state index is 13.3. The Labute approximate surface area is 218 Å². The van der Waals surface area contributed by atoms with Crippen molar-refractivity contribution in [1.82, 2.24) is 19.4 Å². The van der Waals surface area contributed by atoms with Crippen molar-refractivity contribution in [2.75, 3.05) is 25.5 Å². The van der Waals surface area contributed by atoms with Crippen molar-refractivity contribution in [1.29, 1.82) is 0 Å². The third-order valence-electron chi connectivity index (χ3n) is 7.51. The first-order valence-electron chi connectivity index (χ1n) is 12.3. The second-order valence-electron chi connectivity index (χ2n) is 9.78. The first-order valence-corrected chi connectivity index (χ1v) is 13.1. The molecule has 1 aliphatic heterocycles. The molecule has 1 spiro atoms. The molecule has 4 aromatic rings. The molecule has 0 atom stereocenters. The van der Waals surface area contributed by atoms with Crippen molar-refractivity contribution in [2.24, 2.45) is 5.41 Å². The number of pyridine rings is 1. The number of fused-ring (bicyclic) bond motifs is 1. The van der Waals surface area contributed by atoms with E-state index in [1.165, 1.54) is 17.4 Å². The number of imidazole rings is 1. The Balaban J connectivity index is 1.22. The quantitative estimate of drug-likeness (QED) is 0.360. The molecule has 4 heterocycles. The van der Waals surface area contributed by atoms with Crippen molar-refractivity contribution in [3.8, 4) is 16.3 Å². The molecule has 3 aromatic heterocycles. The predicted octanol–water partition coefficient (Wildman–Crippen LogP) is 5.16. The number of hydrogen-bond acceptors (Lipinski definition) is 6. The highest BCUT2D eigenvalue weighted by molar-refractivity contribution is 7.17. The molecule has 9 heteroatoms. The molecule has 2 aliphatic rings. The van der Waals surface area contributed by atoms with E-state index >= 15 is 0 Å². The average Bonchev–Trinajstić information content (AvgIpc) is 3.64. The number of nitrogens with one attached hydrogen (secondary N) is 1. The highest BCUT2D eigenvalue weighted by Gasteiger charge is 2.50. The molecule has 1 N–H and O–H groups in total. The van der Waals surface area contributed by atoms with Gasteiger partial charge in [-0.3, -0.25) is 14.9 Å². The number of nitrogens with zero attached hydrogens (tertiary/aromatic N) is 4. The number of aromatic nitrogens is 3. The lowest BCUT2D eigenvalue weighted by Gasteiger charge is -2.46. The topological polar surface area (TPSA) is 89.4 Å². The van der Waals surface area contributed by atoms with Crippen LogP contribution in [0.1, 0.15) is 35.0 Å². The first-order chi connectivity index (χ1) is 18.0. The molecular formula is C28H27N5O3S. The Morgan fingerprint density at radius 3 is 2.78 bits per heavy atom. The zero-order valence-corrected chi connectivity index (χ0v) is 21.3. The second-order valence-corrected chi connectivity index (χ2v) is 10.9. The molecule has 0 unspecified atom stereocenters. The highest BCUT2D eigenvalue weighted by Crippen LogP contribution is 2.55. The summed E-state index contributed by atoms with van der Waals surface area (Å²) < 4.78 is 7.30. The van der Waals surface area contributed by atoms with Crippen LogP contribution in [-0.4, -0.2) is 51.4 Å². The SMILES string of the molecule is C=CC(=O)N1CCC2(CC(n3c(NC(=O)c4ccc(-c5ccc(OC)nc5)s4)nc4ccccc43)C2)C1. The molecule has 188 valence electrons. The van der Waals surface area contributed by atoms with Gasteiger partial charge in [0.1, 0.15) is 0 Å². The Morgan fingerprint density at radius 2 is 2.03 bits per heavy atom. The number of ether oxygens (including phenoxy) is 1. The van der Waals surface area contributed by atoms with Crippen LogP contribution >= 0.6 is 11.3 Å². The third-order valence-corrected chi connectivity index (χ3v) is 8.64. The predicted molar refractivity (Wildman–Crippen MR) is 144 cm³/mol. The van der Waals surface area contributed by atoms with E-state index in [4.69, 9.17) is 9.72 Å². The van der Waals surface area contributed by atoms with Gasteiger partial charge >= 0.3 is 0 Å². The van der Waals surface area contributed by atoms with Crippen LogP contribution in [0.4, 0.5) is 5.95 Å². The highest BCUT2D eigenvalue weighted by atomic mass is 32.1. The van der Waals surface area contributed by atoms with Gasteiger partial charge in [0.25, 0.3) is 5.91 Å². The van der Waals surface area contributed by atoms with E-state index in [-0.39, 0.29) is 23.3 Å². The van der Waals surface area contributed by atoms with Gasteiger partial charge in [-0.1, -0.05) is 18.7 Å². The van der Waals surface area contributed by atoms with Gasteiger partial charge in [0.2, 0.25) is 17.7 Å². The molecule has 2 fully saturated rings. The minimum Gasteiger partial charge on any atom is -0.481 e. The zero-order valence-electron chi connectivity index (χ0n) is 20.5. The molecule has 8 nitrogen and oxygen atoms in total. The molecule has 37 heavy (non-hydrogen) atoms. The maximum atomic E-state index is 13.3. The standard InChI is InChI=1S/C28H27N5O3S/c1-3-25(34)32-13-12-28(17-32)14-19(15-28)33-21-7-5-4-6-20(21)30-27(33)31-26(35)23-10-9-22(37-23)18-8-11-24(36-2)29-16-18/h3-11,16,19H,1,12-15,17H2,2H3,(H,30,31,35). The summed E-state index contributed by atoms with van der Waals surface area (Å²) in [5.41, 5.74) is 2.92. The van der Waals surface area contributed by atoms with E-state index in [0.717, 1.165) is 53.8 Å². The van der Waals surface area contributed by atoms with Crippen LogP contribution in [0.15, 0.2) is 67.4 Å². The number of anilines is 1. The first kappa shape index (κ1) is 23.4. The fourth-order valence-corrected chi connectivity index (χ4v) is 6.53. The lowest BCUT2D eigenvalue weighted by molar-refractivity contribution is -0.125. The van der Waals surface area contributed by atoms with Crippen LogP contribution in [0.5, 0.6) is 5.88 Å². The fraction of sp³-hybridized carbons (Fsp3) is 0.286. The smallest absolute Gasteiger partial charge is 0.268 e. The van der Waals surface area contributed by atoms with Gasteiger partial charge < -0.3 is 14.2 Å². The van der Waals surface area contributed by atoms with Crippen LogP contribution in [0, 0.1) is 5.41 Å². The van der Waals surface area contributed by atoms with Gasteiger partial charge in [0.15, 0.2) is 0 Å². The van der Waals surface area contributed by atoms with Gasteiger partial charge in [-0.15, -0.1) is 11.3 Å². The summed E-state index contributed by atoms with van der Waals surface area (Å²) in [6.07, 6.45) is 6.03. The molecular weight excluding hydrogens is 486 g/mol. The summed E-state index contributed by atoms with van der Waals surface area (Å²) in [7, 11) is 1.58. The van der Waals surface area contributed by atoms with Gasteiger partial charge in [0.05, 0.1) is 23.0 Å². The number of para-hydroxylation sites is 2. The van der Waals surface area contributed by atoms with E-state index < -0.39 is 0 Å². The number of carbonyl (C=O) groups excluding carboxylic acids is 2. The monoisotopic (exact) mass is 513 g/mol. The molecule has 0 radical (unpaired) electrons. The van der Waals surface area contributed by atoms with Crippen molar-refractivity contribution < 1.29 is 14.3 Å². The second kappa shape index (κ2) is 9.15. The molecule has 6 rings (SSSR count). The minimum atomic E-state index is -0.188. The Morgan fingerprint density at radius 1 is 1.19 bits per heavy atom. The molecule has 1 saturated heterocycles. The summed E-state index contributed by atoms with van der Waals surface area (Å²) in [5.74, 6) is 0.922. The van der Waals surface area contributed by atoms with Crippen molar-refractivity contribution in [3.05, 3.63) is 72.3 Å². The number of benzene rings is 1. The van der Waals surface area contributed by atoms with E-state index in [1.807, 2.05) is 47.4 Å². The summed E-state index contributed by atoms with van der Waals surface area (Å²) >= 11 is 1.41. The number of rotatable bonds is 6. The normalized spacial score (nSPS) is 20.7. The molecule has 0 bridgehead atoms. The Kier molecular flexibility index (Phi) is 5.79. The van der Waals surface area contributed by atoms with E-state index in [9.17, 15) is 9.59 Å².